The van der Waals surface area contributed by atoms with Gasteiger partial charge in [-0.1, -0.05) is 6.07 Å². The summed E-state index contributed by atoms with van der Waals surface area (Å²) in [6, 6.07) is 4.18. The molecule has 0 fully saturated rings. The van der Waals surface area contributed by atoms with E-state index in [2.05, 4.69) is 20.8 Å². The highest BCUT2D eigenvalue weighted by molar-refractivity contribution is 6.08. The summed E-state index contributed by atoms with van der Waals surface area (Å²) < 4.78 is 2.96. The first-order valence-electron chi connectivity index (χ1n) is 8.60. The highest BCUT2D eigenvalue weighted by Gasteiger charge is 2.21. The molecular weight excluding hydrogens is 378 g/mol. The van der Waals surface area contributed by atoms with Gasteiger partial charge < -0.3 is 10.6 Å². The number of nitro groups is 1. The number of aryl methyl sites for hydroxylation is 3. The summed E-state index contributed by atoms with van der Waals surface area (Å²) in [6.07, 6.45) is 4.76. The van der Waals surface area contributed by atoms with Gasteiger partial charge >= 0.3 is 0 Å². The molecule has 2 heterocycles. The van der Waals surface area contributed by atoms with Crippen LogP contribution in [-0.4, -0.2) is 36.3 Å². The average Bonchev–Trinajstić information content (AvgIpc) is 3.25. The number of aromatic nitrogens is 4. The second-order valence-electron chi connectivity index (χ2n) is 6.45. The van der Waals surface area contributed by atoms with Gasteiger partial charge in [0, 0.05) is 49.6 Å². The fourth-order valence-electron chi connectivity index (χ4n) is 2.77. The van der Waals surface area contributed by atoms with Gasteiger partial charge in [0.15, 0.2) is 0 Å². The van der Waals surface area contributed by atoms with E-state index in [1.54, 1.807) is 38.1 Å². The van der Waals surface area contributed by atoms with E-state index in [9.17, 15) is 19.7 Å². The number of nitrogens with zero attached hydrogens (tertiary/aromatic N) is 5. The summed E-state index contributed by atoms with van der Waals surface area (Å²) >= 11 is 0. The number of hydrogen-bond acceptors (Lipinski definition) is 6. The SMILES string of the molecule is Cc1ccc(C(=O)Nc2cnn(C)c2C(=O)NCc2cnn(C)c2)cc1[N+](=O)[O-]. The number of carbonyl (C=O) groups is 2. The van der Waals surface area contributed by atoms with Gasteiger partial charge in [0.2, 0.25) is 0 Å². The minimum Gasteiger partial charge on any atom is -0.346 e. The van der Waals surface area contributed by atoms with Crippen molar-refractivity contribution < 1.29 is 14.5 Å². The Kier molecular flexibility index (Phi) is 5.39. The van der Waals surface area contributed by atoms with Crippen LogP contribution in [-0.2, 0) is 20.6 Å². The maximum Gasteiger partial charge on any atom is 0.273 e. The Labute approximate surface area is 165 Å². The van der Waals surface area contributed by atoms with Crippen LogP contribution in [0.25, 0.3) is 0 Å². The molecule has 0 unspecified atom stereocenters. The molecule has 0 atom stereocenters. The molecule has 1 aromatic carbocycles. The largest absolute Gasteiger partial charge is 0.346 e. The second-order valence-corrected chi connectivity index (χ2v) is 6.45. The summed E-state index contributed by atoms with van der Waals surface area (Å²) in [5.41, 5.74) is 1.57. The Balaban J connectivity index is 1.77. The molecular formula is C18H19N7O4. The molecule has 2 N–H and O–H groups in total. The molecule has 0 saturated heterocycles. The van der Waals surface area contributed by atoms with Crippen molar-refractivity contribution in [1.29, 1.82) is 0 Å². The van der Waals surface area contributed by atoms with Crippen LogP contribution in [0, 0.1) is 17.0 Å². The molecule has 2 aromatic heterocycles. The highest BCUT2D eigenvalue weighted by Crippen LogP contribution is 2.21. The van der Waals surface area contributed by atoms with E-state index in [-0.39, 0.29) is 29.2 Å². The van der Waals surface area contributed by atoms with E-state index >= 15 is 0 Å². The number of hydrogen-bond donors (Lipinski definition) is 2. The predicted molar refractivity (Wildman–Crippen MR) is 103 cm³/mol. The van der Waals surface area contributed by atoms with Crippen molar-refractivity contribution in [3.63, 3.8) is 0 Å². The monoisotopic (exact) mass is 397 g/mol. The zero-order chi connectivity index (χ0) is 21.1. The Morgan fingerprint density at radius 3 is 2.59 bits per heavy atom. The minimum atomic E-state index is -0.581. The van der Waals surface area contributed by atoms with Gasteiger partial charge in [-0.15, -0.1) is 0 Å². The van der Waals surface area contributed by atoms with Crippen LogP contribution in [0.2, 0.25) is 0 Å². The predicted octanol–water partition coefficient (Wildman–Crippen LogP) is 1.55. The summed E-state index contributed by atoms with van der Waals surface area (Å²) in [7, 11) is 3.35. The van der Waals surface area contributed by atoms with Crippen molar-refractivity contribution in [3.05, 3.63) is 69.3 Å². The van der Waals surface area contributed by atoms with Gasteiger partial charge in [-0.25, -0.2) is 0 Å². The van der Waals surface area contributed by atoms with Gasteiger partial charge in [-0.2, -0.15) is 10.2 Å². The fourth-order valence-corrected chi connectivity index (χ4v) is 2.77. The summed E-state index contributed by atoms with van der Waals surface area (Å²) in [6.45, 7) is 1.85. The van der Waals surface area contributed by atoms with Crippen LogP contribution in [0.5, 0.6) is 0 Å². The third-order valence-electron chi connectivity index (χ3n) is 4.28. The smallest absolute Gasteiger partial charge is 0.273 e. The van der Waals surface area contributed by atoms with Crippen molar-refractivity contribution in [1.82, 2.24) is 24.9 Å². The molecule has 0 aliphatic carbocycles. The van der Waals surface area contributed by atoms with E-state index in [4.69, 9.17) is 0 Å². The van der Waals surface area contributed by atoms with Crippen molar-refractivity contribution >= 4 is 23.2 Å². The summed E-state index contributed by atoms with van der Waals surface area (Å²) in [5, 5.41) is 24.5. The number of rotatable bonds is 6. The molecule has 11 nitrogen and oxygen atoms in total. The third-order valence-corrected chi connectivity index (χ3v) is 4.28. The molecule has 2 amide bonds. The van der Waals surface area contributed by atoms with Gasteiger partial charge in [0.05, 0.1) is 23.0 Å². The molecule has 3 rings (SSSR count). The number of anilines is 1. The maximum absolute atomic E-state index is 12.6. The van der Waals surface area contributed by atoms with Gasteiger partial charge in [0.1, 0.15) is 5.69 Å². The van der Waals surface area contributed by atoms with E-state index in [1.807, 2.05) is 0 Å². The number of carbonyl (C=O) groups excluding carboxylic acids is 2. The van der Waals surface area contributed by atoms with Crippen LogP contribution >= 0.6 is 0 Å². The van der Waals surface area contributed by atoms with Crippen LogP contribution in [0.1, 0.15) is 32.0 Å². The van der Waals surface area contributed by atoms with E-state index in [0.29, 0.717) is 5.56 Å². The lowest BCUT2D eigenvalue weighted by molar-refractivity contribution is -0.385. The van der Waals surface area contributed by atoms with Gasteiger partial charge in [-0.05, 0) is 13.0 Å². The van der Waals surface area contributed by atoms with Gasteiger partial charge in [0.25, 0.3) is 17.5 Å². The first kappa shape index (κ1) is 19.7. The summed E-state index contributed by atoms with van der Waals surface area (Å²) in [5.74, 6) is -1.01. The number of nitro benzene ring substituents is 1. The average molecular weight is 397 g/mol. The first-order valence-corrected chi connectivity index (χ1v) is 8.60. The van der Waals surface area contributed by atoms with E-state index < -0.39 is 16.7 Å². The standard InChI is InChI=1S/C18H19N7O4/c1-11-4-5-13(6-15(11)25(28)29)17(26)22-14-9-21-24(3)16(14)18(27)19-7-12-8-20-23(2)10-12/h4-6,8-10H,7H2,1-3H3,(H,19,27)(H,22,26). The Morgan fingerprint density at radius 2 is 1.93 bits per heavy atom. The van der Waals surface area contributed by atoms with Crippen molar-refractivity contribution in [3.8, 4) is 0 Å². The molecule has 11 heteroatoms. The molecule has 0 bridgehead atoms. The van der Waals surface area contributed by atoms with E-state index in [1.165, 1.54) is 29.1 Å². The minimum absolute atomic E-state index is 0.105. The zero-order valence-electron chi connectivity index (χ0n) is 16.0. The molecule has 0 radical (unpaired) electrons. The third kappa shape index (κ3) is 4.29. The topological polar surface area (TPSA) is 137 Å². The van der Waals surface area contributed by atoms with Crippen LogP contribution in [0.15, 0.2) is 36.8 Å². The van der Waals surface area contributed by atoms with Crippen molar-refractivity contribution in [2.45, 2.75) is 13.5 Å². The molecule has 0 saturated carbocycles. The lowest BCUT2D eigenvalue weighted by Gasteiger charge is -2.09. The first-order chi connectivity index (χ1) is 13.8. The second kappa shape index (κ2) is 7.92. The number of nitrogens with one attached hydrogen (secondary N) is 2. The van der Waals surface area contributed by atoms with E-state index in [0.717, 1.165) is 5.56 Å². The molecule has 150 valence electrons. The van der Waals surface area contributed by atoms with Gasteiger partial charge in [-0.3, -0.25) is 29.1 Å². The number of benzene rings is 1. The highest BCUT2D eigenvalue weighted by atomic mass is 16.6. The van der Waals surface area contributed by atoms with Crippen LogP contribution < -0.4 is 10.6 Å². The lowest BCUT2D eigenvalue weighted by atomic mass is 10.1. The molecule has 0 spiro atoms. The Morgan fingerprint density at radius 1 is 1.17 bits per heavy atom. The van der Waals surface area contributed by atoms with Crippen molar-refractivity contribution in [2.24, 2.45) is 14.1 Å². The quantitative estimate of drug-likeness (QED) is 0.478. The Hall–Kier alpha value is -4.02. The summed E-state index contributed by atoms with van der Waals surface area (Å²) in [4.78, 5) is 35.7. The molecule has 0 aliphatic rings. The fraction of sp³-hybridized carbons (Fsp3) is 0.222. The molecule has 0 aliphatic heterocycles. The zero-order valence-corrected chi connectivity index (χ0v) is 16.0. The van der Waals surface area contributed by atoms with Crippen LogP contribution in [0.4, 0.5) is 11.4 Å². The molecule has 29 heavy (non-hydrogen) atoms. The Bertz CT molecular complexity index is 1100. The lowest BCUT2D eigenvalue weighted by Crippen LogP contribution is -2.26. The van der Waals surface area contributed by atoms with Crippen LogP contribution in [0.3, 0.4) is 0 Å². The van der Waals surface area contributed by atoms with Crippen molar-refractivity contribution in [2.75, 3.05) is 5.32 Å². The number of amides is 2. The maximum atomic E-state index is 12.6. The molecule has 3 aromatic rings. The normalized spacial score (nSPS) is 10.6.